The van der Waals surface area contributed by atoms with Gasteiger partial charge in [0.05, 0.1) is 12.1 Å². The Morgan fingerprint density at radius 2 is 2.11 bits per heavy atom. The first-order valence-corrected chi connectivity index (χ1v) is 5.36. The highest BCUT2D eigenvalue weighted by molar-refractivity contribution is 5.29. The van der Waals surface area contributed by atoms with Crippen molar-refractivity contribution in [1.29, 1.82) is 0 Å². The van der Waals surface area contributed by atoms with Crippen molar-refractivity contribution in [3.05, 3.63) is 47.8 Å². The van der Waals surface area contributed by atoms with E-state index in [1.54, 1.807) is 30.1 Å². The van der Waals surface area contributed by atoms with Crippen LogP contribution in [0.25, 0.3) is 0 Å². The van der Waals surface area contributed by atoms with Crippen molar-refractivity contribution in [3.8, 4) is 0 Å². The lowest BCUT2D eigenvalue weighted by molar-refractivity contribution is -0.137. The van der Waals surface area contributed by atoms with E-state index in [0.29, 0.717) is 18.1 Å². The fraction of sp³-hybridized carbons (Fsp3) is 0.250. The molecule has 6 heteroatoms. The largest absolute Gasteiger partial charge is 0.416 e. The van der Waals surface area contributed by atoms with Crippen LogP contribution in [0.4, 0.5) is 19.1 Å². The Morgan fingerprint density at radius 1 is 1.33 bits per heavy atom. The van der Waals surface area contributed by atoms with E-state index < -0.39 is 11.7 Å². The molecule has 0 aliphatic heterocycles. The number of anilines is 1. The number of alkyl halides is 3. The van der Waals surface area contributed by atoms with Crippen LogP contribution in [-0.2, 0) is 12.7 Å². The van der Waals surface area contributed by atoms with Gasteiger partial charge in [-0.1, -0.05) is 12.1 Å². The first kappa shape index (κ1) is 12.5. The molecule has 0 aliphatic rings. The molecule has 0 saturated heterocycles. The fourth-order valence-corrected chi connectivity index (χ4v) is 1.71. The van der Waals surface area contributed by atoms with Crippen LogP contribution in [0.1, 0.15) is 11.1 Å². The van der Waals surface area contributed by atoms with Crippen LogP contribution >= 0.6 is 0 Å². The summed E-state index contributed by atoms with van der Waals surface area (Å²) in [6.07, 6.45) is -0.998. The van der Waals surface area contributed by atoms with Gasteiger partial charge in [-0.05, 0) is 17.7 Å². The molecule has 1 heterocycles. The van der Waals surface area contributed by atoms with Crippen molar-refractivity contribution < 1.29 is 13.2 Å². The van der Waals surface area contributed by atoms with Crippen LogP contribution in [0.5, 0.6) is 0 Å². The predicted octanol–water partition coefficient (Wildman–Crippen LogP) is 2.99. The van der Waals surface area contributed by atoms with Gasteiger partial charge in [-0.2, -0.15) is 13.2 Å². The smallest absolute Gasteiger partial charge is 0.359 e. The maximum Gasteiger partial charge on any atom is 0.416 e. The topological polar surface area (TPSA) is 29.9 Å². The third-order valence-electron chi connectivity index (χ3n) is 2.55. The van der Waals surface area contributed by atoms with Crippen LogP contribution < -0.4 is 5.32 Å². The zero-order chi connectivity index (χ0) is 13.2. The summed E-state index contributed by atoms with van der Waals surface area (Å²) in [4.78, 5) is 4.03. The molecule has 0 saturated carbocycles. The highest BCUT2D eigenvalue weighted by atomic mass is 19.4. The second-order valence-corrected chi connectivity index (χ2v) is 3.83. The van der Waals surface area contributed by atoms with Crippen LogP contribution in [0, 0.1) is 0 Å². The summed E-state index contributed by atoms with van der Waals surface area (Å²) in [6, 6.07) is 5.29. The van der Waals surface area contributed by atoms with E-state index in [1.165, 1.54) is 6.07 Å². The molecule has 0 fully saturated rings. The molecule has 96 valence electrons. The van der Waals surface area contributed by atoms with Gasteiger partial charge in [-0.15, -0.1) is 0 Å². The number of rotatable bonds is 3. The number of aromatic nitrogens is 2. The molecule has 0 aliphatic carbocycles. The molecule has 0 unspecified atom stereocenters. The van der Waals surface area contributed by atoms with E-state index in [0.717, 1.165) is 12.1 Å². The maximum absolute atomic E-state index is 12.6. The fourth-order valence-electron chi connectivity index (χ4n) is 1.71. The van der Waals surface area contributed by atoms with E-state index in [9.17, 15) is 13.2 Å². The molecule has 1 N–H and O–H groups in total. The van der Waals surface area contributed by atoms with Crippen molar-refractivity contribution in [2.45, 2.75) is 12.7 Å². The Hall–Kier alpha value is -1.98. The normalized spacial score (nSPS) is 11.6. The van der Waals surface area contributed by atoms with Gasteiger partial charge in [-0.25, -0.2) is 4.98 Å². The molecule has 0 spiro atoms. The molecule has 3 nitrogen and oxygen atoms in total. The molecule has 2 rings (SSSR count). The number of benzene rings is 1. The Morgan fingerprint density at radius 3 is 2.78 bits per heavy atom. The van der Waals surface area contributed by atoms with E-state index in [2.05, 4.69) is 10.3 Å². The Bertz CT molecular complexity index is 531. The number of hydrogen-bond donors (Lipinski definition) is 1. The monoisotopic (exact) mass is 255 g/mol. The molecule has 0 radical (unpaired) electrons. The van der Waals surface area contributed by atoms with Gasteiger partial charge in [-0.3, -0.25) is 0 Å². The summed E-state index contributed by atoms with van der Waals surface area (Å²) >= 11 is 0. The average molecular weight is 255 g/mol. The summed E-state index contributed by atoms with van der Waals surface area (Å²) < 4.78 is 39.4. The Kier molecular flexibility index (Phi) is 3.27. The van der Waals surface area contributed by atoms with E-state index >= 15 is 0 Å². The van der Waals surface area contributed by atoms with Crippen LogP contribution in [0.2, 0.25) is 0 Å². The van der Waals surface area contributed by atoms with Crippen molar-refractivity contribution >= 4 is 5.95 Å². The number of imidazole rings is 1. The molecule has 0 atom stereocenters. The molecular weight excluding hydrogens is 243 g/mol. The third-order valence-corrected chi connectivity index (χ3v) is 2.55. The minimum Gasteiger partial charge on any atom is -0.359 e. The van der Waals surface area contributed by atoms with Crippen molar-refractivity contribution in [2.75, 3.05) is 12.4 Å². The molecule has 1 aromatic carbocycles. The molecule has 18 heavy (non-hydrogen) atoms. The summed E-state index contributed by atoms with van der Waals surface area (Å²) in [7, 11) is 1.71. The molecule has 0 amide bonds. The minimum absolute atomic E-state index is 0.347. The Balaban J connectivity index is 2.25. The zero-order valence-corrected chi connectivity index (χ0v) is 9.70. The summed E-state index contributed by atoms with van der Waals surface area (Å²) in [5.41, 5.74) is -0.0505. The van der Waals surface area contributed by atoms with Gasteiger partial charge in [0, 0.05) is 19.4 Å². The standard InChI is InChI=1S/C12H12F3N3/c1-16-11-17-5-6-18(11)8-9-3-2-4-10(7-9)12(13,14)15/h2-7H,8H2,1H3,(H,16,17). The quantitative estimate of drug-likeness (QED) is 0.913. The third kappa shape index (κ3) is 2.64. The Labute approximate surface area is 102 Å². The van der Waals surface area contributed by atoms with Gasteiger partial charge in [0.1, 0.15) is 0 Å². The van der Waals surface area contributed by atoms with Gasteiger partial charge in [0.15, 0.2) is 0 Å². The molecular formula is C12H12F3N3. The van der Waals surface area contributed by atoms with Crippen molar-refractivity contribution in [3.63, 3.8) is 0 Å². The van der Waals surface area contributed by atoms with E-state index in [4.69, 9.17) is 0 Å². The predicted molar refractivity (Wildman–Crippen MR) is 62.3 cm³/mol. The highest BCUT2D eigenvalue weighted by Gasteiger charge is 2.30. The van der Waals surface area contributed by atoms with Gasteiger partial charge in [0.2, 0.25) is 5.95 Å². The second kappa shape index (κ2) is 4.72. The number of halogens is 3. The van der Waals surface area contributed by atoms with Gasteiger partial charge in [0.25, 0.3) is 0 Å². The highest BCUT2D eigenvalue weighted by Crippen LogP contribution is 2.29. The van der Waals surface area contributed by atoms with E-state index in [1.807, 2.05) is 0 Å². The number of nitrogens with one attached hydrogen (secondary N) is 1. The summed E-state index contributed by atoms with van der Waals surface area (Å²) in [5.74, 6) is 0.618. The average Bonchev–Trinajstić information content (AvgIpc) is 2.75. The summed E-state index contributed by atoms with van der Waals surface area (Å²) in [6.45, 7) is 0.347. The van der Waals surface area contributed by atoms with Crippen molar-refractivity contribution in [2.24, 2.45) is 0 Å². The second-order valence-electron chi connectivity index (χ2n) is 3.83. The SMILES string of the molecule is CNc1nccn1Cc1cccc(C(F)(F)F)c1. The number of nitrogens with zero attached hydrogens (tertiary/aromatic N) is 2. The van der Waals surface area contributed by atoms with Gasteiger partial charge < -0.3 is 9.88 Å². The first-order valence-electron chi connectivity index (χ1n) is 5.36. The molecule has 2 aromatic rings. The first-order chi connectivity index (χ1) is 8.50. The van der Waals surface area contributed by atoms with E-state index in [-0.39, 0.29) is 0 Å². The molecule has 0 bridgehead atoms. The summed E-state index contributed by atoms with van der Waals surface area (Å²) in [5, 5.41) is 2.87. The minimum atomic E-state index is -4.31. The van der Waals surface area contributed by atoms with Crippen LogP contribution in [0.3, 0.4) is 0 Å². The number of hydrogen-bond acceptors (Lipinski definition) is 2. The lowest BCUT2D eigenvalue weighted by Crippen LogP contribution is -2.08. The molecule has 1 aromatic heterocycles. The maximum atomic E-state index is 12.6. The van der Waals surface area contributed by atoms with Crippen LogP contribution in [0.15, 0.2) is 36.7 Å². The van der Waals surface area contributed by atoms with Crippen molar-refractivity contribution in [1.82, 2.24) is 9.55 Å². The van der Waals surface area contributed by atoms with Gasteiger partial charge >= 0.3 is 6.18 Å². The van der Waals surface area contributed by atoms with Crippen LogP contribution in [-0.4, -0.2) is 16.6 Å². The lowest BCUT2D eigenvalue weighted by Gasteiger charge is -2.10. The zero-order valence-electron chi connectivity index (χ0n) is 9.70. The lowest BCUT2D eigenvalue weighted by atomic mass is 10.1.